The zero-order chi connectivity index (χ0) is 14.9. The van der Waals surface area contributed by atoms with E-state index >= 15 is 0 Å². The molecule has 2 aromatic carbocycles. The highest BCUT2D eigenvalue weighted by Crippen LogP contribution is 2.19. The smallest absolute Gasteiger partial charge is 0.221 e. The van der Waals surface area contributed by atoms with Crippen LogP contribution in [-0.2, 0) is 4.79 Å². The summed E-state index contributed by atoms with van der Waals surface area (Å²) in [5.74, 6) is 0.926. The SMILES string of the molecule is CC[C@@H](NC(=O)CCSc1ccccc1)c1ccccc1. The Morgan fingerprint density at radius 3 is 2.29 bits per heavy atom. The normalized spacial score (nSPS) is 11.9. The van der Waals surface area contributed by atoms with Gasteiger partial charge < -0.3 is 5.32 Å². The van der Waals surface area contributed by atoms with E-state index in [0.717, 1.165) is 12.2 Å². The Kier molecular flexibility index (Phi) is 6.35. The molecular formula is C18H21NOS. The van der Waals surface area contributed by atoms with Crippen LogP contribution in [0, 0.1) is 0 Å². The predicted molar refractivity (Wildman–Crippen MR) is 89.4 cm³/mol. The quantitative estimate of drug-likeness (QED) is 0.766. The van der Waals surface area contributed by atoms with Crippen LogP contribution >= 0.6 is 11.8 Å². The lowest BCUT2D eigenvalue weighted by atomic mass is 10.0. The van der Waals surface area contributed by atoms with Crippen molar-refractivity contribution in [3.05, 3.63) is 66.2 Å². The average Bonchev–Trinajstić information content (AvgIpc) is 2.54. The molecule has 0 fully saturated rings. The highest BCUT2D eigenvalue weighted by molar-refractivity contribution is 7.99. The molecule has 0 bridgehead atoms. The number of carbonyl (C=O) groups is 1. The van der Waals surface area contributed by atoms with Gasteiger partial charge in [-0.25, -0.2) is 0 Å². The maximum Gasteiger partial charge on any atom is 0.221 e. The van der Waals surface area contributed by atoms with Gasteiger partial charge in [0, 0.05) is 17.1 Å². The minimum Gasteiger partial charge on any atom is -0.349 e. The second kappa shape index (κ2) is 8.53. The van der Waals surface area contributed by atoms with E-state index in [1.54, 1.807) is 11.8 Å². The van der Waals surface area contributed by atoms with Gasteiger partial charge in [-0.3, -0.25) is 4.79 Å². The average molecular weight is 299 g/mol. The summed E-state index contributed by atoms with van der Waals surface area (Å²) in [6, 6.07) is 20.4. The van der Waals surface area contributed by atoms with Crippen molar-refractivity contribution in [2.24, 2.45) is 0 Å². The molecule has 0 saturated heterocycles. The van der Waals surface area contributed by atoms with Crippen LogP contribution in [0.1, 0.15) is 31.4 Å². The molecule has 0 heterocycles. The van der Waals surface area contributed by atoms with E-state index in [0.29, 0.717) is 6.42 Å². The molecule has 0 spiro atoms. The number of hydrogen-bond acceptors (Lipinski definition) is 2. The van der Waals surface area contributed by atoms with Crippen molar-refractivity contribution in [3.63, 3.8) is 0 Å². The van der Waals surface area contributed by atoms with Crippen LogP contribution in [-0.4, -0.2) is 11.7 Å². The van der Waals surface area contributed by atoms with E-state index in [-0.39, 0.29) is 11.9 Å². The summed E-state index contributed by atoms with van der Waals surface area (Å²) in [7, 11) is 0. The van der Waals surface area contributed by atoms with Crippen LogP contribution in [0.4, 0.5) is 0 Å². The largest absolute Gasteiger partial charge is 0.349 e. The fraction of sp³-hybridized carbons (Fsp3) is 0.278. The summed E-state index contributed by atoms with van der Waals surface area (Å²) in [5.41, 5.74) is 1.17. The summed E-state index contributed by atoms with van der Waals surface area (Å²) in [6.45, 7) is 2.09. The van der Waals surface area contributed by atoms with Gasteiger partial charge in [-0.15, -0.1) is 11.8 Å². The van der Waals surface area contributed by atoms with Crippen molar-refractivity contribution in [2.75, 3.05) is 5.75 Å². The fourth-order valence-corrected chi connectivity index (χ4v) is 3.02. The third-order valence-electron chi connectivity index (χ3n) is 3.29. The summed E-state index contributed by atoms with van der Waals surface area (Å²) in [5, 5.41) is 3.12. The van der Waals surface area contributed by atoms with Crippen molar-refractivity contribution < 1.29 is 4.79 Å². The monoisotopic (exact) mass is 299 g/mol. The molecule has 1 N–H and O–H groups in total. The number of hydrogen-bond donors (Lipinski definition) is 1. The third kappa shape index (κ3) is 5.27. The Labute approximate surface area is 131 Å². The molecule has 0 unspecified atom stereocenters. The zero-order valence-corrected chi connectivity index (χ0v) is 13.1. The minimum absolute atomic E-state index is 0.112. The van der Waals surface area contributed by atoms with Gasteiger partial charge in [0.1, 0.15) is 0 Å². The highest BCUT2D eigenvalue weighted by atomic mass is 32.2. The number of benzene rings is 2. The molecule has 1 atom stereocenters. The lowest BCUT2D eigenvalue weighted by Gasteiger charge is -2.17. The molecule has 0 aliphatic rings. The highest BCUT2D eigenvalue weighted by Gasteiger charge is 2.11. The molecule has 110 valence electrons. The van der Waals surface area contributed by atoms with Crippen LogP contribution < -0.4 is 5.32 Å². The Morgan fingerprint density at radius 2 is 1.67 bits per heavy atom. The first-order valence-electron chi connectivity index (χ1n) is 7.31. The van der Waals surface area contributed by atoms with Crippen LogP contribution in [0.25, 0.3) is 0 Å². The van der Waals surface area contributed by atoms with Gasteiger partial charge in [-0.2, -0.15) is 0 Å². The molecule has 0 aliphatic carbocycles. The zero-order valence-electron chi connectivity index (χ0n) is 12.3. The summed E-state index contributed by atoms with van der Waals surface area (Å²) in [6.07, 6.45) is 1.45. The fourth-order valence-electron chi connectivity index (χ4n) is 2.15. The third-order valence-corrected chi connectivity index (χ3v) is 4.30. The van der Waals surface area contributed by atoms with E-state index < -0.39 is 0 Å². The lowest BCUT2D eigenvalue weighted by molar-refractivity contribution is -0.121. The molecule has 2 nitrogen and oxygen atoms in total. The molecule has 0 saturated carbocycles. The first kappa shape index (κ1) is 15.6. The number of carbonyl (C=O) groups excluding carboxylic acids is 1. The Morgan fingerprint density at radius 1 is 1.05 bits per heavy atom. The van der Waals surface area contributed by atoms with Crippen molar-refractivity contribution in [2.45, 2.75) is 30.7 Å². The van der Waals surface area contributed by atoms with Gasteiger partial charge in [0.2, 0.25) is 5.91 Å². The van der Waals surface area contributed by atoms with E-state index in [2.05, 4.69) is 36.5 Å². The van der Waals surface area contributed by atoms with Crippen LogP contribution in [0.3, 0.4) is 0 Å². The molecule has 21 heavy (non-hydrogen) atoms. The maximum atomic E-state index is 12.1. The summed E-state index contributed by atoms with van der Waals surface area (Å²) >= 11 is 1.72. The van der Waals surface area contributed by atoms with Crippen molar-refractivity contribution >= 4 is 17.7 Å². The van der Waals surface area contributed by atoms with E-state index in [4.69, 9.17) is 0 Å². The Hall–Kier alpha value is -1.74. The van der Waals surface area contributed by atoms with Gasteiger partial charge in [0.25, 0.3) is 0 Å². The van der Waals surface area contributed by atoms with Crippen molar-refractivity contribution in [1.82, 2.24) is 5.32 Å². The molecule has 3 heteroatoms. The van der Waals surface area contributed by atoms with Crippen molar-refractivity contribution in [1.29, 1.82) is 0 Å². The summed E-state index contributed by atoms with van der Waals surface area (Å²) in [4.78, 5) is 13.3. The van der Waals surface area contributed by atoms with Crippen LogP contribution in [0.5, 0.6) is 0 Å². The van der Waals surface area contributed by atoms with Gasteiger partial charge >= 0.3 is 0 Å². The molecular weight excluding hydrogens is 278 g/mol. The number of thioether (sulfide) groups is 1. The van der Waals surface area contributed by atoms with E-state index in [1.807, 2.05) is 36.4 Å². The van der Waals surface area contributed by atoms with Gasteiger partial charge in [-0.05, 0) is 24.1 Å². The topological polar surface area (TPSA) is 29.1 Å². The first-order chi connectivity index (χ1) is 10.3. The predicted octanol–water partition coefficient (Wildman–Crippen LogP) is 4.44. The lowest BCUT2D eigenvalue weighted by Crippen LogP contribution is -2.28. The van der Waals surface area contributed by atoms with Crippen LogP contribution in [0.2, 0.25) is 0 Å². The van der Waals surface area contributed by atoms with Crippen molar-refractivity contribution in [3.8, 4) is 0 Å². The second-order valence-electron chi connectivity index (χ2n) is 4.85. The van der Waals surface area contributed by atoms with Crippen LogP contribution in [0.15, 0.2) is 65.6 Å². The first-order valence-corrected chi connectivity index (χ1v) is 8.30. The van der Waals surface area contributed by atoms with Gasteiger partial charge in [0.15, 0.2) is 0 Å². The number of nitrogens with one attached hydrogen (secondary N) is 1. The molecule has 0 aliphatic heterocycles. The molecule has 0 radical (unpaired) electrons. The van der Waals surface area contributed by atoms with E-state index in [9.17, 15) is 4.79 Å². The molecule has 0 aromatic heterocycles. The number of rotatable bonds is 7. The standard InChI is InChI=1S/C18H21NOS/c1-2-17(15-9-5-3-6-10-15)19-18(20)13-14-21-16-11-7-4-8-12-16/h3-12,17H,2,13-14H2,1H3,(H,19,20)/t17-/m1/s1. The Balaban J connectivity index is 1.78. The molecule has 2 aromatic rings. The number of amides is 1. The second-order valence-corrected chi connectivity index (χ2v) is 6.02. The molecule has 2 rings (SSSR count). The Bertz CT molecular complexity index is 542. The minimum atomic E-state index is 0.112. The maximum absolute atomic E-state index is 12.1. The van der Waals surface area contributed by atoms with Gasteiger partial charge in [0.05, 0.1) is 6.04 Å². The van der Waals surface area contributed by atoms with Gasteiger partial charge in [-0.1, -0.05) is 55.5 Å². The van der Waals surface area contributed by atoms with E-state index in [1.165, 1.54) is 10.5 Å². The summed E-state index contributed by atoms with van der Waals surface area (Å²) < 4.78 is 0. The molecule has 1 amide bonds.